The topological polar surface area (TPSA) is 42.4 Å². The fourth-order valence-electron chi connectivity index (χ4n) is 4.96. The minimum Gasteiger partial charge on any atom is -0.376 e. The van der Waals surface area contributed by atoms with E-state index in [4.69, 9.17) is 4.74 Å². The minimum atomic E-state index is -0.396. The molecule has 0 spiro atoms. The summed E-state index contributed by atoms with van der Waals surface area (Å²) in [6, 6.07) is 16.3. The largest absolute Gasteiger partial charge is 0.376 e. The number of hydrogen-bond donors (Lipinski definition) is 0. The van der Waals surface area contributed by atoms with Gasteiger partial charge in [0.1, 0.15) is 5.69 Å². The SMILES string of the molecule is CC(C)CCN(CCCC1(C(=O)c2ccccn2)CCOC(C)(C)C1)Cc1ccccc1. The van der Waals surface area contributed by atoms with Crippen LogP contribution in [0.15, 0.2) is 54.7 Å². The number of pyridine rings is 1. The fourth-order valence-corrected chi connectivity index (χ4v) is 4.96. The van der Waals surface area contributed by atoms with Gasteiger partial charge in [0.2, 0.25) is 0 Å². The highest BCUT2D eigenvalue weighted by Crippen LogP contribution is 2.44. The second-order valence-electron chi connectivity index (χ2n) is 10.4. The van der Waals surface area contributed by atoms with E-state index in [0.717, 1.165) is 45.3 Å². The zero-order valence-electron chi connectivity index (χ0n) is 20.3. The number of carbonyl (C=O) groups is 1. The Morgan fingerprint density at radius 1 is 1.09 bits per heavy atom. The van der Waals surface area contributed by atoms with Gasteiger partial charge in [-0.15, -0.1) is 0 Å². The van der Waals surface area contributed by atoms with Crippen LogP contribution in [-0.2, 0) is 11.3 Å². The molecule has 1 atom stereocenters. The smallest absolute Gasteiger partial charge is 0.187 e. The summed E-state index contributed by atoms with van der Waals surface area (Å²) in [5, 5.41) is 0. The monoisotopic (exact) mass is 436 g/mol. The van der Waals surface area contributed by atoms with Crippen molar-refractivity contribution in [2.75, 3.05) is 19.7 Å². The van der Waals surface area contributed by atoms with Crippen molar-refractivity contribution in [2.24, 2.45) is 11.3 Å². The highest BCUT2D eigenvalue weighted by Gasteiger charge is 2.46. The lowest BCUT2D eigenvalue weighted by Gasteiger charge is -2.44. The van der Waals surface area contributed by atoms with Crippen molar-refractivity contribution in [3.8, 4) is 0 Å². The first-order chi connectivity index (χ1) is 15.3. The standard InChI is InChI=1S/C28H40N2O2/c1-23(2)14-19-30(21-24-11-6-5-7-12-24)18-10-15-28(16-20-32-27(3,4)22-28)26(31)25-13-8-9-17-29-25/h5-9,11-13,17,23H,10,14-16,18-22H2,1-4H3. The van der Waals surface area contributed by atoms with Crippen LogP contribution in [0.1, 0.15) is 75.9 Å². The van der Waals surface area contributed by atoms with E-state index in [1.54, 1.807) is 6.20 Å². The third-order valence-corrected chi connectivity index (χ3v) is 6.62. The van der Waals surface area contributed by atoms with Gasteiger partial charge in [0.05, 0.1) is 5.60 Å². The summed E-state index contributed by atoms with van der Waals surface area (Å²) in [5.74, 6) is 0.868. The minimum absolute atomic E-state index is 0.186. The second-order valence-corrected chi connectivity index (χ2v) is 10.4. The van der Waals surface area contributed by atoms with Gasteiger partial charge in [-0.25, -0.2) is 0 Å². The Kier molecular flexibility index (Phi) is 8.61. The molecule has 1 aromatic carbocycles. The average molecular weight is 437 g/mol. The van der Waals surface area contributed by atoms with E-state index in [1.165, 1.54) is 12.0 Å². The molecule has 3 rings (SSSR count). The molecule has 0 aliphatic carbocycles. The van der Waals surface area contributed by atoms with Crippen LogP contribution in [0.2, 0.25) is 0 Å². The Labute approximate surface area is 194 Å². The first-order valence-electron chi connectivity index (χ1n) is 12.2. The zero-order valence-corrected chi connectivity index (χ0v) is 20.3. The summed E-state index contributed by atoms with van der Waals surface area (Å²) in [6.07, 6.45) is 6.31. The number of nitrogens with zero attached hydrogens (tertiary/aromatic N) is 2. The van der Waals surface area contributed by atoms with Crippen LogP contribution in [0.3, 0.4) is 0 Å². The van der Waals surface area contributed by atoms with Crippen LogP contribution in [0.4, 0.5) is 0 Å². The molecule has 174 valence electrons. The average Bonchev–Trinajstić information content (AvgIpc) is 2.77. The van der Waals surface area contributed by atoms with Gasteiger partial charge in [-0.3, -0.25) is 14.7 Å². The third kappa shape index (κ3) is 6.98. The van der Waals surface area contributed by atoms with E-state index >= 15 is 0 Å². The van der Waals surface area contributed by atoms with E-state index in [9.17, 15) is 4.79 Å². The normalized spacial score (nSPS) is 20.6. The lowest BCUT2D eigenvalue weighted by Crippen LogP contribution is -2.46. The number of rotatable bonds is 11. The lowest BCUT2D eigenvalue weighted by atomic mass is 9.67. The molecule has 0 amide bonds. The molecule has 0 radical (unpaired) electrons. The highest BCUT2D eigenvalue weighted by molar-refractivity contribution is 5.99. The van der Waals surface area contributed by atoms with Crippen LogP contribution in [0.25, 0.3) is 0 Å². The molecule has 0 bridgehead atoms. The molecule has 1 fully saturated rings. The Balaban J connectivity index is 1.71. The molecule has 1 saturated heterocycles. The van der Waals surface area contributed by atoms with Gasteiger partial charge in [-0.1, -0.05) is 50.2 Å². The molecule has 0 saturated carbocycles. The van der Waals surface area contributed by atoms with Crippen LogP contribution in [0, 0.1) is 11.3 Å². The van der Waals surface area contributed by atoms with E-state index in [0.29, 0.717) is 18.2 Å². The Morgan fingerprint density at radius 2 is 1.84 bits per heavy atom. The maximum atomic E-state index is 13.7. The number of Topliss-reactive ketones (excluding diaryl/α,β-unsaturated/α-hetero) is 1. The summed E-state index contributed by atoms with van der Waals surface area (Å²) >= 11 is 0. The van der Waals surface area contributed by atoms with Crippen molar-refractivity contribution in [1.29, 1.82) is 0 Å². The number of carbonyl (C=O) groups excluding carboxylic acids is 1. The van der Waals surface area contributed by atoms with Gasteiger partial charge in [0, 0.05) is 24.8 Å². The van der Waals surface area contributed by atoms with Gasteiger partial charge in [0.25, 0.3) is 0 Å². The molecule has 2 aromatic rings. The zero-order chi connectivity index (χ0) is 23.0. The van der Waals surface area contributed by atoms with Crippen molar-refractivity contribution in [2.45, 2.75) is 71.9 Å². The van der Waals surface area contributed by atoms with Gasteiger partial charge < -0.3 is 4.74 Å². The third-order valence-electron chi connectivity index (χ3n) is 6.62. The Bertz CT molecular complexity index is 835. The van der Waals surface area contributed by atoms with Crippen molar-refractivity contribution < 1.29 is 9.53 Å². The molecule has 1 aromatic heterocycles. The second kappa shape index (κ2) is 11.2. The first kappa shape index (κ1) is 24.6. The molecule has 4 nitrogen and oxygen atoms in total. The Hall–Kier alpha value is -2.04. The molecular formula is C28H40N2O2. The summed E-state index contributed by atoms with van der Waals surface area (Å²) in [4.78, 5) is 20.6. The molecule has 1 aliphatic rings. The van der Waals surface area contributed by atoms with Crippen molar-refractivity contribution >= 4 is 5.78 Å². The number of aromatic nitrogens is 1. The maximum absolute atomic E-state index is 13.7. The van der Waals surface area contributed by atoms with Crippen LogP contribution in [-0.4, -0.2) is 41.0 Å². The van der Waals surface area contributed by atoms with Crippen LogP contribution >= 0.6 is 0 Å². The Morgan fingerprint density at radius 3 is 2.50 bits per heavy atom. The van der Waals surface area contributed by atoms with Gasteiger partial charge in [-0.05, 0) is 82.7 Å². The summed E-state index contributed by atoms with van der Waals surface area (Å²) in [7, 11) is 0. The van der Waals surface area contributed by atoms with E-state index < -0.39 is 5.41 Å². The van der Waals surface area contributed by atoms with Crippen molar-refractivity contribution in [3.05, 3.63) is 66.0 Å². The summed E-state index contributed by atoms with van der Waals surface area (Å²) < 4.78 is 5.99. The molecular weight excluding hydrogens is 396 g/mol. The van der Waals surface area contributed by atoms with Crippen molar-refractivity contribution in [1.82, 2.24) is 9.88 Å². The van der Waals surface area contributed by atoms with E-state index in [-0.39, 0.29) is 11.4 Å². The number of benzene rings is 1. The molecule has 2 heterocycles. The summed E-state index contributed by atoms with van der Waals surface area (Å²) in [5.41, 5.74) is 1.25. The van der Waals surface area contributed by atoms with Gasteiger partial charge in [-0.2, -0.15) is 0 Å². The van der Waals surface area contributed by atoms with Gasteiger partial charge in [0.15, 0.2) is 5.78 Å². The quantitative estimate of drug-likeness (QED) is 0.395. The number of ether oxygens (including phenoxy) is 1. The molecule has 0 N–H and O–H groups in total. The number of ketones is 1. The predicted molar refractivity (Wildman–Crippen MR) is 131 cm³/mol. The van der Waals surface area contributed by atoms with Crippen LogP contribution < -0.4 is 0 Å². The predicted octanol–water partition coefficient (Wildman–Crippen LogP) is 6.17. The molecule has 32 heavy (non-hydrogen) atoms. The number of hydrogen-bond acceptors (Lipinski definition) is 4. The van der Waals surface area contributed by atoms with E-state index in [1.807, 2.05) is 18.2 Å². The first-order valence-corrected chi connectivity index (χ1v) is 12.2. The van der Waals surface area contributed by atoms with E-state index in [2.05, 4.69) is 67.9 Å². The van der Waals surface area contributed by atoms with Crippen molar-refractivity contribution in [3.63, 3.8) is 0 Å². The molecule has 1 unspecified atom stereocenters. The maximum Gasteiger partial charge on any atom is 0.187 e. The summed E-state index contributed by atoms with van der Waals surface area (Å²) in [6.45, 7) is 12.5. The van der Waals surface area contributed by atoms with Crippen LogP contribution in [0.5, 0.6) is 0 Å². The molecule has 1 aliphatic heterocycles. The van der Waals surface area contributed by atoms with Gasteiger partial charge >= 0.3 is 0 Å². The fraction of sp³-hybridized carbons (Fsp3) is 0.571. The lowest BCUT2D eigenvalue weighted by molar-refractivity contribution is -0.0960. The molecule has 4 heteroatoms. The highest BCUT2D eigenvalue weighted by atomic mass is 16.5.